The summed E-state index contributed by atoms with van der Waals surface area (Å²) in [6.45, 7) is 6.89. The molecule has 3 rings (SSSR count). The molecule has 3 fully saturated rings. The van der Waals surface area contributed by atoms with Gasteiger partial charge in [0.2, 0.25) is 11.8 Å². The maximum atomic E-state index is 12.0. The summed E-state index contributed by atoms with van der Waals surface area (Å²) >= 11 is 0. The van der Waals surface area contributed by atoms with E-state index >= 15 is 0 Å². The van der Waals surface area contributed by atoms with Crippen LogP contribution in [-0.4, -0.2) is 18.4 Å². The molecule has 0 aromatic carbocycles. The van der Waals surface area contributed by atoms with E-state index in [4.69, 9.17) is 5.73 Å². The number of carbonyl (C=O) groups excluding carboxylic acids is 2. The zero-order chi connectivity index (χ0) is 13.3. The van der Waals surface area contributed by atoms with Crippen LogP contribution in [0.4, 0.5) is 0 Å². The third kappa shape index (κ3) is 1.44. The first-order chi connectivity index (χ1) is 8.28. The second-order valence-electron chi connectivity index (χ2n) is 7.25. The number of carbonyl (C=O) groups is 2. The number of nitrogens with one attached hydrogen (secondary N) is 1. The maximum Gasteiger partial charge on any atom is 0.236 e. The van der Waals surface area contributed by atoms with Gasteiger partial charge < -0.3 is 11.1 Å². The highest BCUT2D eigenvalue weighted by Crippen LogP contribution is 2.78. The summed E-state index contributed by atoms with van der Waals surface area (Å²) in [6.07, 6.45) is 2.35. The Balaban J connectivity index is 1.63. The van der Waals surface area contributed by atoms with Gasteiger partial charge in [-0.3, -0.25) is 9.59 Å². The summed E-state index contributed by atoms with van der Waals surface area (Å²) in [4.78, 5) is 22.7. The van der Waals surface area contributed by atoms with Crippen LogP contribution in [0, 0.1) is 34.5 Å². The van der Waals surface area contributed by atoms with Gasteiger partial charge in [-0.1, -0.05) is 20.8 Å². The van der Waals surface area contributed by atoms with Crippen molar-refractivity contribution in [2.75, 3.05) is 6.54 Å². The minimum Gasteiger partial charge on any atom is -0.368 e. The fraction of sp³-hybridized carbons (Fsp3) is 0.857. The molecule has 5 unspecified atom stereocenters. The van der Waals surface area contributed by atoms with Crippen LogP contribution in [0.25, 0.3) is 0 Å². The van der Waals surface area contributed by atoms with E-state index in [1.54, 1.807) is 0 Å². The molecule has 4 nitrogen and oxygen atoms in total. The lowest BCUT2D eigenvalue weighted by atomic mass is 9.89. The number of amides is 2. The van der Waals surface area contributed by atoms with E-state index in [-0.39, 0.29) is 23.8 Å². The number of hydrogen-bond acceptors (Lipinski definition) is 2. The summed E-state index contributed by atoms with van der Waals surface area (Å²) in [6, 6.07) is 0. The molecule has 3 aliphatic rings. The van der Waals surface area contributed by atoms with Crippen molar-refractivity contribution in [1.29, 1.82) is 0 Å². The van der Waals surface area contributed by atoms with E-state index in [9.17, 15) is 9.59 Å². The fourth-order valence-corrected chi connectivity index (χ4v) is 4.59. The van der Waals surface area contributed by atoms with E-state index in [1.807, 2.05) is 0 Å². The Morgan fingerprint density at radius 2 is 1.89 bits per heavy atom. The molecule has 2 amide bonds. The molecule has 0 aromatic heterocycles. The third-order valence-corrected chi connectivity index (χ3v) is 6.03. The van der Waals surface area contributed by atoms with Crippen molar-refractivity contribution in [3.05, 3.63) is 0 Å². The van der Waals surface area contributed by atoms with Crippen molar-refractivity contribution in [2.24, 2.45) is 40.2 Å². The van der Waals surface area contributed by atoms with Gasteiger partial charge in [0, 0.05) is 5.92 Å². The highest BCUT2D eigenvalue weighted by atomic mass is 16.2. The standard InChI is InChI=1S/C14H22N2O2/c1-13(2)7-4-8-11(12(18)16-6-10(15)17)14(8,3)5-9(7)13/h7-9,11H,4-6H2,1-3H3,(H2,15,17)(H,16,18). The Labute approximate surface area is 108 Å². The molecule has 18 heavy (non-hydrogen) atoms. The summed E-state index contributed by atoms with van der Waals surface area (Å²) in [5.74, 6) is 1.80. The van der Waals surface area contributed by atoms with Gasteiger partial charge in [0.05, 0.1) is 6.54 Å². The van der Waals surface area contributed by atoms with E-state index in [1.165, 1.54) is 12.8 Å². The lowest BCUT2D eigenvalue weighted by molar-refractivity contribution is -0.126. The molecule has 5 atom stereocenters. The number of fused-ring (bicyclic) bond motifs is 2. The van der Waals surface area contributed by atoms with Gasteiger partial charge >= 0.3 is 0 Å². The van der Waals surface area contributed by atoms with Crippen LogP contribution in [0.15, 0.2) is 0 Å². The van der Waals surface area contributed by atoms with E-state index < -0.39 is 5.91 Å². The van der Waals surface area contributed by atoms with Gasteiger partial charge in [-0.25, -0.2) is 0 Å². The number of nitrogens with two attached hydrogens (primary N) is 1. The molecule has 0 bridgehead atoms. The summed E-state index contributed by atoms with van der Waals surface area (Å²) in [5, 5.41) is 2.66. The minimum atomic E-state index is -0.471. The van der Waals surface area contributed by atoms with Gasteiger partial charge in [-0.05, 0) is 41.4 Å². The molecule has 0 aliphatic heterocycles. The van der Waals surface area contributed by atoms with Crippen LogP contribution in [-0.2, 0) is 9.59 Å². The number of hydrogen-bond donors (Lipinski definition) is 2. The first kappa shape index (κ1) is 12.0. The van der Waals surface area contributed by atoms with Crippen molar-refractivity contribution in [3.8, 4) is 0 Å². The first-order valence-electron chi connectivity index (χ1n) is 6.84. The van der Waals surface area contributed by atoms with Gasteiger partial charge in [0.1, 0.15) is 0 Å². The molecule has 3 N–H and O–H groups in total. The molecule has 3 saturated carbocycles. The lowest BCUT2D eigenvalue weighted by Crippen LogP contribution is -2.35. The molecule has 100 valence electrons. The molecule has 4 heteroatoms. The van der Waals surface area contributed by atoms with Crippen molar-refractivity contribution < 1.29 is 9.59 Å². The van der Waals surface area contributed by atoms with E-state index in [0.29, 0.717) is 11.3 Å². The van der Waals surface area contributed by atoms with Crippen LogP contribution in [0.2, 0.25) is 0 Å². The van der Waals surface area contributed by atoms with Crippen LogP contribution < -0.4 is 11.1 Å². The van der Waals surface area contributed by atoms with Crippen LogP contribution >= 0.6 is 0 Å². The lowest BCUT2D eigenvalue weighted by Gasteiger charge is -2.15. The Hall–Kier alpha value is -1.06. The molecule has 0 saturated heterocycles. The predicted molar refractivity (Wildman–Crippen MR) is 67.3 cm³/mol. The SMILES string of the molecule is CC1(C)C2CC3C(C(=O)NCC(N)=O)C3(C)CC21. The highest BCUT2D eigenvalue weighted by Gasteiger charge is 2.75. The Morgan fingerprint density at radius 3 is 2.44 bits per heavy atom. The zero-order valence-electron chi connectivity index (χ0n) is 11.3. The molecule has 0 spiro atoms. The molecule has 0 radical (unpaired) electrons. The third-order valence-electron chi connectivity index (χ3n) is 6.03. The van der Waals surface area contributed by atoms with Gasteiger partial charge in [0.15, 0.2) is 0 Å². The summed E-state index contributed by atoms with van der Waals surface area (Å²) in [7, 11) is 0. The van der Waals surface area contributed by atoms with Crippen LogP contribution in [0.1, 0.15) is 33.6 Å². The molecular formula is C14H22N2O2. The zero-order valence-corrected chi connectivity index (χ0v) is 11.3. The number of rotatable bonds is 3. The Kier molecular flexibility index (Phi) is 2.19. The first-order valence-corrected chi connectivity index (χ1v) is 6.84. The topological polar surface area (TPSA) is 72.2 Å². The smallest absolute Gasteiger partial charge is 0.236 e. The summed E-state index contributed by atoms with van der Waals surface area (Å²) in [5.41, 5.74) is 5.72. The van der Waals surface area contributed by atoms with Gasteiger partial charge in [-0.15, -0.1) is 0 Å². The minimum absolute atomic E-state index is 0.0282. The second-order valence-corrected chi connectivity index (χ2v) is 7.25. The van der Waals surface area contributed by atoms with Gasteiger partial charge in [-0.2, -0.15) is 0 Å². The van der Waals surface area contributed by atoms with Gasteiger partial charge in [0.25, 0.3) is 0 Å². The molecule has 3 aliphatic carbocycles. The highest BCUT2D eigenvalue weighted by molar-refractivity contribution is 5.87. The molecule has 0 heterocycles. The normalized spacial score (nSPS) is 46.6. The van der Waals surface area contributed by atoms with Crippen molar-refractivity contribution in [2.45, 2.75) is 33.6 Å². The van der Waals surface area contributed by atoms with Crippen molar-refractivity contribution in [3.63, 3.8) is 0 Å². The van der Waals surface area contributed by atoms with Crippen molar-refractivity contribution in [1.82, 2.24) is 5.32 Å². The fourth-order valence-electron chi connectivity index (χ4n) is 4.59. The molecular weight excluding hydrogens is 228 g/mol. The van der Waals surface area contributed by atoms with E-state index in [0.717, 1.165) is 11.8 Å². The Bertz CT molecular complexity index is 432. The van der Waals surface area contributed by atoms with Crippen LogP contribution in [0.3, 0.4) is 0 Å². The largest absolute Gasteiger partial charge is 0.368 e. The monoisotopic (exact) mass is 250 g/mol. The quantitative estimate of drug-likeness (QED) is 0.781. The predicted octanol–water partition coefficient (Wildman–Crippen LogP) is 0.906. The second kappa shape index (κ2) is 3.28. The van der Waals surface area contributed by atoms with Crippen molar-refractivity contribution >= 4 is 11.8 Å². The number of primary amides is 1. The maximum absolute atomic E-state index is 12.0. The molecule has 0 aromatic rings. The summed E-state index contributed by atoms with van der Waals surface area (Å²) < 4.78 is 0. The average molecular weight is 250 g/mol. The van der Waals surface area contributed by atoms with E-state index in [2.05, 4.69) is 26.1 Å². The Morgan fingerprint density at radius 1 is 1.22 bits per heavy atom. The average Bonchev–Trinajstić information content (AvgIpc) is 3.04. The van der Waals surface area contributed by atoms with Crippen LogP contribution in [0.5, 0.6) is 0 Å².